The first kappa shape index (κ1) is 12.1. The van der Waals surface area contributed by atoms with E-state index in [0.29, 0.717) is 12.3 Å². The predicted octanol–water partition coefficient (Wildman–Crippen LogP) is 1.59. The molecule has 0 heterocycles. The van der Waals surface area contributed by atoms with Crippen LogP contribution in [0, 0.1) is 0 Å². The molecule has 3 nitrogen and oxygen atoms in total. The maximum Gasteiger partial charge on any atom is 0.315 e. The standard InChI is InChI=1S/C11H15NO2S/c1-14-11(13)8-15-10(7-12)9-5-3-2-4-6-9/h2-6,10H,7-8,12H2,1H3. The van der Waals surface area contributed by atoms with Crippen LogP contribution in [0.15, 0.2) is 30.3 Å². The monoisotopic (exact) mass is 225 g/mol. The van der Waals surface area contributed by atoms with Crippen molar-refractivity contribution in [3.8, 4) is 0 Å². The molecule has 1 atom stereocenters. The summed E-state index contributed by atoms with van der Waals surface area (Å²) < 4.78 is 4.58. The number of benzene rings is 1. The fourth-order valence-corrected chi connectivity index (χ4v) is 2.14. The van der Waals surface area contributed by atoms with Crippen molar-refractivity contribution in [2.45, 2.75) is 5.25 Å². The maximum atomic E-state index is 11.0. The topological polar surface area (TPSA) is 52.3 Å². The number of esters is 1. The quantitative estimate of drug-likeness (QED) is 0.773. The van der Waals surface area contributed by atoms with Crippen molar-refractivity contribution >= 4 is 17.7 Å². The molecule has 0 saturated heterocycles. The van der Waals surface area contributed by atoms with E-state index < -0.39 is 0 Å². The Morgan fingerprint density at radius 2 is 2.13 bits per heavy atom. The van der Waals surface area contributed by atoms with Crippen LogP contribution in [0.25, 0.3) is 0 Å². The lowest BCUT2D eigenvalue weighted by molar-refractivity contribution is -0.137. The van der Waals surface area contributed by atoms with Crippen molar-refractivity contribution in [1.82, 2.24) is 0 Å². The maximum absolute atomic E-state index is 11.0. The molecule has 1 rings (SSSR count). The Balaban J connectivity index is 2.53. The highest BCUT2D eigenvalue weighted by Gasteiger charge is 2.11. The van der Waals surface area contributed by atoms with Gasteiger partial charge in [-0.25, -0.2) is 0 Å². The Hall–Kier alpha value is -1.00. The number of methoxy groups -OCH3 is 1. The molecule has 0 bridgehead atoms. The van der Waals surface area contributed by atoms with E-state index in [4.69, 9.17) is 5.73 Å². The fraction of sp³-hybridized carbons (Fsp3) is 0.364. The summed E-state index contributed by atoms with van der Waals surface area (Å²) in [7, 11) is 1.39. The third kappa shape index (κ3) is 3.93. The van der Waals surface area contributed by atoms with Crippen LogP contribution in [-0.2, 0) is 9.53 Å². The summed E-state index contributed by atoms with van der Waals surface area (Å²) in [6, 6.07) is 9.93. The highest BCUT2D eigenvalue weighted by Crippen LogP contribution is 2.27. The number of carbonyl (C=O) groups excluding carboxylic acids is 1. The van der Waals surface area contributed by atoms with Crippen molar-refractivity contribution in [1.29, 1.82) is 0 Å². The molecule has 82 valence electrons. The zero-order chi connectivity index (χ0) is 11.1. The Morgan fingerprint density at radius 3 is 2.67 bits per heavy atom. The summed E-state index contributed by atoms with van der Waals surface area (Å²) in [5.41, 5.74) is 6.81. The van der Waals surface area contributed by atoms with E-state index in [9.17, 15) is 4.79 Å². The number of rotatable bonds is 5. The number of hydrogen-bond donors (Lipinski definition) is 1. The van der Waals surface area contributed by atoms with Crippen molar-refractivity contribution in [3.63, 3.8) is 0 Å². The van der Waals surface area contributed by atoms with Crippen molar-refractivity contribution in [2.24, 2.45) is 5.73 Å². The highest BCUT2D eigenvalue weighted by atomic mass is 32.2. The summed E-state index contributed by atoms with van der Waals surface area (Å²) in [6.45, 7) is 0.520. The number of thioether (sulfide) groups is 1. The lowest BCUT2D eigenvalue weighted by Crippen LogP contribution is -2.12. The molecule has 1 aromatic carbocycles. The van der Waals surface area contributed by atoms with Gasteiger partial charge in [0.05, 0.1) is 12.9 Å². The zero-order valence-corrected chi connectivity index (χ0v) is 9.50. The van der Waals surface area contributed by atoms with Crippen LogP contribution in [0.1, 0.15) is 10.8 Å². The molecule has 4 heteroatoms. The minimum atomic E-state index is -0.214. The van der Waals surface area contributed by atoms with Crippen LogP contribution in [0.5, 0.6) is 0 Å². The van der Waals surface area contributed by atoms with Gasteiger partial charge in [-0.1, -0.05) is 30.3 Å². The van der Waals surface area contributed by atoms with Gasteiger partial charge in [-0.15, -0.1) is 11.8 Å². The van der Waals surface area contributed by atoms with E-state index >= 15 is 0 Å². The molecule has 0 amide bonds. The molecule has 2 N–H and O–H groups in total. The van der Waals surface area contributed by atoms with E-state index in [1.807, 2.05) is 30.3 Å². The van der Waals surface area contributed by atoms with Gasteiger partial charge in [-0.3, -0.25) is 4.79 Å². The molecule has 1 aromatic rings. The third-order valence-corrected chi connectivity index (χ3v) is 3.28. The van der Waals surface area contributed by atoms with Crippen LogP contribution in [0.4, 0.5) is 0 Å². The second kappa shape index (κ2) is 6.48. The molecule has 0 aliphatic carbocycles. The van der Waals surface area contributed by atoms with Gasteiger partial charge < -0.3 is 10.5 Å². The van der Waals surface area contributed by atoms with E-state index in [1.54, 1.807) is 0 Å². The first-order valence-corrected chi connectivity index (χ1v) is 5.76. The third-order valence-electron chi connectivity index (χ3n) is 2.02. The van der Waals surface area contributed by atoms with E-state index in [2.05, 4.69) is 4.74 Å². The lowest BCUT2D eigenvalue weighted by atomic mass is 10.1. The normalized spacial score (nSPS) is 12.1. The van der Waals surface area contributed by atoms with Gasteiger partial charge in [0.25, 0.3) is 0 Å². The zero-order valence-electron chi connectivity index (χ0n) is 8.68. The van der Waals surface area contributed by atoms with Crippen LogP contribution in [0.3, 0.4) is 0 Å². The summed E-state index contributed by atoms with van der Waals surface area (Å²) in [5, 5.41) is 0.158. The van der Waals surface area contributed by atoms with E-state index in [1.165, 1.54) is 18.9 Å². The van der Waals surface area contributed by atoms with Crippen LogP contribution in [0.2, 0.25) is 0 Å². The van der Waals surface area contributed by atoms with Gasteiger partial charge in [-0.05, 0) is 5.56 Å². The molecule has 0 saturated carbocycles. The summed E-state index contributed by atoms with van der Waals surface area (Å²) in [6.07, 6.45) is 0. The number of nitrogens with two attached hydrogens (primary N) is 1. The smallest absolute Gasteiger partial charge is 0.315 e. The first-order valence-electron chi connectivity index (χ1n) is 4.71. The number of ether oxygens (including phenoxy) is 1. The van der Waals surface area contributed by atoms with E-state index in [-0.39, 0.29) is 11.2 Å². The van der Waals surface area contributed by atoms with Gasteiger partial charge in [0, 0.05) is 11.8 Å². The van der Waals surface area contributed by atoms with Gasteiger partial charge in [0.1, 0.15) is 0 Å². The van der Waals surface area contributed by atoms with Crippen LogP contribution < -0.4 is 5.73 Å². The highest BCUT2D eigenvalue weighted by molar-refractivity contribution is 8.00. The minimum Gasteiger partial charge on any atom is -0.468 e. The number of hydrogen-bond acceptors (Lipinski definition) is 4. The molecule has 0 aliphatic rings. The number of carbonyl (C=O) groups is 1. The Labute approximate surface area is 94.0 Å². The Bertz CT molecular complexity index is 303. The summed E-state index contributed by atoms with van der Waals surface area (Å²) in [4.78, 5) is 11.0. The molecule has 0 fully saturated rings. The minimum absolute atomic E-state index is 0.158. The molecule has 0 spiro atoms. The second-order valence-corrected chi connectivity index (χ2v) is 4.21. The lowest BCUT2D eigenvalue weighted by Gasteiger charge is -2.13. The molecule has 1 unspecified atom stereocenters. The molecule has 0 aromatic heterocycles. The molecule has 15 heavy (non-hydrogen) atoms. The van der Waals surface area contributed by atoms with Gasteiger partial charge >= 0.3 is 5.97 Å². The van der Waals surface area contributed by atoms with E-state index in [0.717, 1.165) is 5.56 Å². The predicted molar refractivity (Wildman–Crippen MR) is 62.7 cm³/mol. The molecule has 0 aliphatic heterocycles. The van der Waals surface area contributed by atoms with Crippen molar-refractivity contribution in [3.05, 3.63) is 35.9 Å². The van der Waals surface area contributed by atoms with Crippen molar-refractivity contribution < 1.29 is 9.53 Å². The van der Waals surface area contributed by atoms with Gasteiger partial charge in [0.2, 0.25) is 0 Å². The van der Waals surface area contributed by atoms with Crippen molar-refractivity contribution in [2.75, 3.05) is 19.4 Å². The Kier molecular flexibility index (Phi) is 5.21. The van der Waals surface area contributed by atoms with Gasteiger partial charge in [0.15, 0.2) is 0 Å². The van der Waals surface area contributed by atoms with Crippen LogP contribution >= 0.6 is 11.8 Å². The molecule has 0 radical (unpaired) electrons. The molecular weight excluding hydrogens is 210 g/mol. The summed E-state index contributed by atoms with van der Waals surface area (Å²) in [5.74, 6) is 0.127. The fourth-order valence-electron chi connectivity index (χ4n) is 1.20. The summed E-state index contributed by atoms with van der Waals surface area (Å²) >= 11 is 1.51. The second-order valence-electron chi connectivity index (χ2n) is 3.02. The Morgan fingerprint density at radius 1 is 1.47 bits per heavy atom. The van der Waals surface area contributed by atoms with Crippen LogP contribution in [-0.4, -0.2) is 25.4 Å². The largest absolute Gasteiger partial charge is 0.468 e. The SMILES string of the molecule is COC(=O)CSC(CN)c1ccccc1. The first-order chi connectivity index (χ1) is 7.27. The van der Waals surface area contributed by atoms with Gasteiger partial charge in [-0.2, -0.15) is 0 Å². The average molecular weight is 225 g/mol. The average Bonchev–Trinajstić information content (AvgIpc) is 2.31. The molecular formula is C11H15NO2S.